The van der Waals surface area contributed by atoms with E-state index in [4.69, 9.17) is 0 Å². The molecule has 0 aliphatic heterocycles. The van der Waals surface area contributed by atoms with E-state index in [1.807, 2.05) is 6.07 Å². The summed E-state index contributed by atoms with van der Waals surface area (Å²) in [5.74, 6) is 0.458. The van der Waals surface area contributed by atoms with E-state index in [1.54, 1.807) is 10.8 Å². The molecule has 0 fully saturated rings. The van der Waals surface area contributed by atoms with Crippen molar-refractivity contribution >= 4 is 5.65 Å². The predicted octanol–water partition coefficient (Wildman–Crippen LogP) is 1.25. The summed E-state index contributed by atoms with van der Waals surface area (Å²) in [6, 6.07) is 1.98. The van der Waals surface area contributed by atoms with Crippen LogP contribution in [0.4, 0.5) is 0 Å². The van der Waals surface area contributed by atoms with Gasteiger partial charge in [-0.3, -0.25) is 0 Å². The molecular weight excluding hydrogens is 152 g/mol. The molecule has 0 amide bonds. The number of rotatable bonds is 1. The molecule has 0 bridgehead atoms. The maximum absolute atomic E-state index is 4.13. The average Bonchev–Trinajstić information content (AvgIpc) is 2.49. The third kappa shape index (κ3) is 0.958. The lowest BCUT2D eigenvalue weighted by molar-refractivity contribution is 0.772. The van der Waals surface area contributed by atoms with Gasteiger partial charge in [-0.1, -0.05) is 13.8 Å². The Kier molecular flexibility index (Phi) is 1.53. The normalized spacial score (nSPS) is 11.2. The van der Waals surface area contributed by atoms with Crippen molar-refractivity contribution in [2.45, 2.75) is 19.8 Å². The van der Waals surface area contributed by atoms with Crippen LogP contribution in [0.1, 0.15) is 25.3 Å². The molecular formula is C8H10N4. The predicted molar refractivity (Wildman–Crippen MR) is 44.9 cm³/mol. The van der Waals surface area contributed by atoms with Crippen LogP contribution in [-0.2, 0) is 0 Å². The van der Waals surface area contributed by atoms with Gasteiger partial charge in [0.1, 0.15) is 6.33 Å². The molecule has 0 atom stereocenters. The Balaban J connectivity index is 2.73. The Morgan fingerprint density at radius 3 is 2.92 bits per heavy atom. The Hall–Kier alpha value is -1.45. The van der Waals surface area contributed by atoms with Crippen molar-refractivity contribution in [2.75, 3.05) is 0 Å². The highest BCUT2D eigenvalue weighted by atomic mass is 15.4. The molecule has 0 aliphatic rings. The van der Waals surface area contributed by atoms with Crippen LogP contribution >= 0.6 is 0 Å². The molecule has 4 nitrogen and oxygen atoms in total. The number of fused-ring (bicyclic) bond motifs is 1. The summed E-state index contributed by atoms with van der Waals surface area (Å²) < 4.78 is 1.55. The van der Waals surface area contributed by atoms with Crippen molar-refractivity contribution in [3.05, 3.63) is 24.2 Å². The second kappa shape index (κ2) is 2.55. The average molecular weight is 162 g/mol. The third-order valence-electron chi connectivity index (χ3n) is 1.84. The number of aromatic nitrogens is 4. The highest BCUT2D eigenvalue weighted by Gasteiger charge is 2.06. The Morgan fingerprint density at radius 1 is 1.33 bits per heavy atom. The summed E-state index contributed by atoms with van der Waals surface area (Å²) in [5, 5.41) is 7.98. The van der Waals surface area contributed by atoms with Gasteiger partial charge in [-0.05, 0) is 12.0 Å². The molecule has 12 heavy (non-hydrogen) atoms. The van der Waals surface area contributed by atoms with Crippen molar-refractivity contribution in [2.24, 2.45) is 0 Å². The van der Waals surface area contributed by atoms with Crippen LogP contribution in [0.3, 0.4) is 0 Å². The zero-order valence-corrected chi connectivity index (χ0v) is 7.10. The van der Waals surface area contributed by atoms with Crippen LogP contribution in [0.15, 0.2) is 18.6 Å². The lowest BCUT2D eigenvalue weighted by Crippen LogP contribution is -1.98. The largest absolute Gasteiger partial charge is 0.213 e. The van der Waals surface area contributed by atoms with Gasteiger partial charge in [0.25, 0.3) is 0 Å². The number of hydrogen-bond acceptors (Lipinski definition) is 3. The lowest BCUT2D eigenvalue weighted by atomic mass is 10.1. The fourth-order valence-electron chi connectivity index (χ4n) is 1.21. The van der Waals surface area contributed by atoms with Gasteiger partial charge in [-0.25, -0.2) is 4.98 Å². The maximum Gasteiger partial charge on any atom is 0.179 e. The summed E-state index contributed by atoms with van der Waals surface area (Å²) in [7, 11) is 0. The first-order chi connectivity index (χ1) is 5.79. The molecule has 62 valence electrons. The monoisotopic (exact) mass is 162 g/mol. The van der Waals surface area contributed by atoms with E-state index in [1.165, 1.54) is 11.9 Å². The maximum atomic E-state index is 4.13. The van der Waals surface area contributed by atoms with Gasteiger partial charge in [-0.2, -0.15) is 5.10 Å². The van der Waals surface area contributed by atoms with Crippen LogP contribution in [0.2, 0.25) is 0 Å². The summed E-state index contributed by atoms with van der Waals surface area (Å²) in [4.78, 5) is 4.13. The first-order valence-corrected chi connectivity index (χ1v) is 3.94. The second-order valence-corrected chi connectivity index (χ2v) is 3.01. The van der Waals surface area contributed by atoms with Gasteiger partial charge in [-0.15, -0.1) is 9.73 Å². The van der Waals surface area contributed by atoms with Crippen LogP contribution in [0.25, 0.3) is 5.65 Å². The fraction of sp³-hybridized carbons (Fsp3) is 0.375. The Labute approximate surface area is 70.2 Å². The number of nitrogens with zero attached hydrogens (tertiary/aromatic N) is 4. The van der Waals surface area contributed by atoms with E-state index in [9.17, 15) is 0 Å². The molecule has 2 aromatic heterocycles. The summed E-state index contributed by atoms with van der Waals surface area (Å²) >= 11 is 0. The molecule has 0 spiro atoms. The van der Waals surface area contributed by atoms with Crippen molar-refractivity contribution < 1.29 is 0 Å². The molecule has 0 aliphatic carbocycles. The molecule has 4 heteroatoms. The number of hydrogen-bond donors (Lipinski definition) is 0. The zero-order chi connectivity index (χ0) is 8.55. The van der Waals surface area contributed by atoms with Crippen molar-refractivity contribution in [3.8, 4) is 0 Å². The summed E-state index contributed by atoms with van der Waals surface area (Å²) in [6.07, 6.45) is 3.27. The molecule has 2 aromatic rings. The second-order valence-electron chi connectivity index (χ2n) is 3.01. The van der Waals surface area contributed by atoms with E-state index < -0.39 is 0 Å². The minimum atomic E-state index is 0.458. The third-order valence-corrected chi connectivity index (χ3v) is 1.84. The van der Waals surface area contributed by atoms with Crippen LogP contribution < -0.4 is 0 Å². The topological polar surface area (TPSA) is 43.1 Å². The van der Waals surface area contributed by atoms with Crippen molar-refractivity contribution in [1.29, 1.82) is 0 Å². The van der Waals surface area contributed by atoms with Gasteiger partial charge in [0, 0.05) is 5.56 Å². The molecule has 0 saturated heterocycles. The Bertz CT molecular complexity index is 391. The van der Waals surface area contributed by atoms with E-state index in [-0.39, 0.29) is 0 Å². The van der Waals surface area contributed by atoms with Crippen molar-refractivity contribution in [1.82, 2.24) is 19.8 Å². The molecule has 0 radical (unpaired) electrons. The van der Waals surface area contributed by atoms with Crippen LogP contribution in [0, 0.1) is 0 Å². The summed E-state index contributed by atoms with van der Waals surface area (Å²) in [5.41, 5.74) is 2.04. The van der Waals surface area contributed by atoms with Gasteiger partial charge >= 0.3 is 0 Å². The molecule has 0 N–H and O–H groups in total. The van der Waals surface area contributed by atoms with E-state index in [0.29, 0.717) is 5.92 Å². The Morgan fingerprint density at radius 2 is 2.17 bits per heavy atom. The van der Waals surface area contributed by atoms with Crippen LogP contribution in [-0.4, -0.2) is 19.8 Å². The molecule has 2 heterocycles. The van der Waals surface area contributed by atoms with E-state index in [2.05, 4.69) is 29.0 Å². The van der Waals surface area contributed by atoms with E-state index >= 15 is 0 Å². The van der Waals surface area contributed by atoms with Crippen molar-refractivity contribution in [3.63, 3.8) is 0 Å². The fourth-order valence-corrected chi connectivity index (χ4v) is 1.21. The highest BCUT2D eigenvalue weighted by molar-refractivity contribution is 5.46. The summed E-state index contributed by atoms with van der Waals surface area (Å²) in [6.45, 7) is 4.26. The molecule has 2 rings (SSSR count). The first-order valence-electron chi connectivity index (χ1n) is 3.94. The smallest absolute Gasteiger partial charge is 0.179 e. The molecule has 0 saturated carbocycles. The highest BCUT2D eigenvalue weighted by Crippen LogP contribution is 2.16. The minimum Gasteiger partial charge on any atom is -0.213 e. The van der Waals surface area contributed by atoms with Gasteiger partial charge in [0.2, 0.25) is 0 Å². The van der Waals surface area contributed by atoms with Gasteiger partial charge < -0.3 is 0 Å². The standard InChI is InChI=1S/C8H10N4/c1-6(2)7-3-4-10-12-8(7)9-5-11-12/h3-6H,1-2H3. The molecule has 0 unspecified atom stereocenters. The molecule has 0 aromatic carbocycles. The van der Waals surface area contributed by atoms with Gasteiger partial charge in [0.05, 0.1) is 6.20 Å². The first kappa shape index (κ1) is 7.21. The SMILES string of the molecule is CC(C)c1ccnn2ncnc12. The minimum absolute atomic E-state index is 0.458. The zero-order valence-electron chi connectivity index (χ0n) is 7.10. The van der Waals surface area contributed by atoms with E-state index in [0.717, 1.165) is 5.65 Å². The quantitative estimate of drug-likeness (QED) is 0.633. The lowest BCUT2D eigenvalue weighted by Gasteiger charge is -2.03. The van der Waals surface area contributed by atoms with Crippen LogP contribution in [0.5, 0.6) is 0 Å². The van der Waals surface area contributed by atoms with Gasteiger partial charge in [0.15, 0.2) is 5.65 Å².